The van der Waals surface area contributed by atoms with Crippen LogP contribution < -0.4 is 4.74 Å². The van der Waals surface area contributed by atoms with Crippen molar-refractivity contribution < 1.29 is 14.1 Å². The van der Waals surface area contributed by atoms with Crippen molar-refractivity contribution in [2.45, 2.75) is 33.9 Å². The van der Waals surface area contributed by atoms with Gasteiger partial charge in [0, 0.05) is 48.3 Å². The molecule has 33 heavy (non-hydrogen) atoms. The molecule has 174 valence electrons. The molecule has 4 rings (SSSR count). The van der Waals surface area contributed by atoms with Crippen LogP contribution in [0.5, 0.6) is 5.75 Å². The smallest absolute Gasteiger partial charge is 0.276 e. The maximum Gasteiger partial charge on any atom is 0.276 e. The first-order valence-electron chi connectivity index (χ1n) is 10.9. The van der Waals surface area contributed by atoms with Crippen molar-refractivity contribution in [3.05, 3.63) is 80.2 Å². The van der Waals surface area contributed by atoms with Gasteiger partial charge in [0.15, 0.2) is 5.69 Å². The molecule has 6 nitrogen and oxygen atoms in total. The Kier molecular flexibility index (Phi) is 7.27. The van der Waals surface area contributed by atoms with Crippen LogP contribution in [0.3, 0.4) is 0 Å². The van der Waals surface area contributed by atoms with Crippen molar-refractivity contribution in [2.24, 2.45) is 0 Å². The third-order valence-corrected chi connectivity index (χ3v) is 6.71. The Hall–Kier alpha value is -2.54. The third kappa shape index (κ3) is 5.35. The van der Waals surface area contributed by atoms with Gasteiger partial charge >= 0.3 is 0 Å². The lowest BCUT2D eigenvalue weighted by Gasteiger charge is -2.34. The minimum absolute atomic E-state index is 0.137. The van der Waals surface area contributed by atoms with Gasteiger partial charge in [-0.15, -0.1) is 0 Å². The van der Waals surface area contributed by atoms with Crippen molar-refractivity contribution in [2.75, 3.05) is 26.2 Å². The van der Waals surface area contributed by atoms with Gasteiger partial charge in [0.1, 0.15) is 18.1 Å². The van der Waals surface area contributed by atoms with Crippen LogP contribution >= 0.6 is 23.2 Å². The predicted octanol–water partition coefficient (Wildman–Crippen LogP) is 5.44. The first kappa shape index (κ1) is 23.6. The van der Waals surface area contributed by atoms with Crippen LogP contribution in [0.1, 0.15) is 38.5 Å². The zero-order valence-corrected chi connectivity index (χ0v) is 20.5. The van der Waals surface area contributed by atoms with Crippen molar-refractivity contribution in [1.82, 2.24) is 15.0 Å². The second kappa shape index (κ2) is 10.2. The van der Waals surface area contributed by atoms with Gasteiger partial charge in [-0.2, -0.15) is 0 Å². The molecule has 2 aromatic carbocycles. The third-order valence-electron chi connectivity index (χ3n) is 6.01. The molecule has 1 saturated heterocycles. The quantitative estimate of drug-likeness (QED) is 0.462. The molecule has 1 aromatic heterocycles. The molecule has 1 amide bonds. The number of piperazine rings is 1. The molecular weight excluding hydrogens is 461 g/mol. The van der Waals surface area contributed by atoms with Gasteiger partial charge in [0.25, 0.3) is 5.91 Å². The van der Waals surface area contributed by atoms with Gasteiger partial charge in [-0.1, -0.05) is 46.6 Å². The number of nitrogens with zero attached hydrogens (tertiary/aromatic N) is 3. The molecule has 8 heteroatoms. The van der Waals surface area contributed by atoms with Gasteiger partial charge in [-0.05, 0) is 50.1 Å². The average molecular weight is 488 g/mol. The van der Waals surface area contributed by atoms with Crippen LogP contribution in [0.2, 0.25) is 10.0 Å². The number of rotatable bonds is 6. The summed E-state index contributed by atoms with van der Waals surface area (Å²) in [5.74, 6) is 1.25. The summed E-state index contributed by atoms with van der Waals surface area (Å²) in [4.78, 5) is 17.3. The van der Waals surface area contributed by atoms with E-state index in [0.717, 1.165) is 35.5 Å². The zero-order valence-electron chi connectivity index (χ0n) is 19.0. The van der Waals surface area contributed by atoms with Crippen LogP contribution in [0.15, 0.2) is 40.9 Å². The summed E-state index contributed by atoms with van der Waals surface area (Å²) in [5, 5.41) is 5.38. The fourth-order valence-corrected chi connectivity index (χ4v) is 4.42. The second-order valence-electron chi connectivity index (χ2n) is 8.39. The molecule has 3 aromatic rings. The fourth-order valence-electron chi connectivity index (χ4n) is 3.91. The Labute approximate surface area is 204 Å². The number of aromatic nitrogens is 1. The standard InChI is InChI=1S/C25H27Cl2N3O3/c1-16-7-8-17(2)23(13-16)32-15-20-18(3)33-28-24(20)25(31)30-11-9-29(10-12-30)14-19-21(26)5-4-6-22(19)27/h4-8,13H,9-12,14-15H2,1-3H3. The first-order valence-corrected chi connectivity index (χ1v) is 11.7. The van der Waals surface area contributed by atoms with E-state index in [1.807, 2.05) is 55.1 Å². The summed E-state index contributed by atoms with van der Waals surface area (Å²) < 4.78 is 11.4. The van der Waals surface area contributed by atoms with Gasteiger partial charge in [0.2, 0.25) is 0 Å². The number of hydrogen-bond donors (Lipinski definition) is 0. The zero-order chi connectivity index (χ0) is 23.5. The van der Waals surface area contributed by atoms with Crippen LogP contribution in [0.25, 0.3) is 0 Å². The molecule has 0 unspecified atom stereocenters. The molecule has 0 aliphatic carbocycles. The maximum atomic E-state index is 13.2. The van der Waals surface area contributed by atoms with Crippen LogP contribution in [0.4, 0.5) is 0 Å². The summed E-state index contributed by atoms with van der Waals surface area (Å²) in [5.41, 5.74) is 4.08. The summed E-state index contributed by atoms with van der Waals surface area (Å²) in [7, 11) is 0. The SMILES string of the molecule is Cc1ccc(C)c(OCc2c(C(=O)N3CCN(Cc4c(Cl)cccc4Cl)CC3)noc2C)c1. The molecule has 0 N–H and O–H groups in total. The summed E-state index contributed by atoms with van der Waals surface area (Å²) in [6, 6.07) is 11.6. The second-order valence-corrected chi connectivity index (χ2v) is 9.21. The molecular formula is C25H27Cl2N3O3. The largest absolute Gasteiger partial charge is 0.488 e. The Morgan fingerprint density at radius 3 is 2.42 bits per heavy atom. The van der Waals surface area contributed by atoms with E-state index in [1.54, 1.807) is 6.92 Å². The molecule has 0 bridgehead atoms. The summed E-state index contributed by atoms with van der Waals surface area (Å²) in [6.07, 6.45) is 0. The minimum atomic E-state index is -0.137. The number of ether oxygens (including phenoxy) is 1. The molecule has 0 radical (unpaired) electrons. The normalized spacial score (nSPS) is 14.5. The van der Waals surface area contributed by atoms with E-state index < -0.39 is 0 Å². The number of carbonyl (C=O) groups excluding carboxylic acids is 1. The number of halogens is 2. The lowest BCUT2D eigenvalue weighted by molar-refractivity contribution is 0.0616. The first-order chi connectivity index (χ1) is 15.8. The highest BCUT2D eigenvalue weighted by atomic mass is 35.5. The number of carbonyl (C=O) groups is 1. The van der Waals surface area contributed by atoms with E-state index in [2.05, 4.69) is 10.1 Å². The molecule has 0 spiro atoms. The molecule has 0 saturated carbocycles. The molecule has 1 fully saturated rings. The predicted molar refractivity (Wildman–Crippen MR) is 129 cm³/mol. The van der Waals surface area contributed by atoms with Crippen molar-refractivity contribution >= 4 is 29.1 Å². The van der Waals surface area contributed by atoms with E-state index in [-0.39, 0.29) is 12.5 Å². The van der Waals surface area contributed by atoms with Gasteiger partial charge < -0.3 is 14.2 Å². The lowest BCUT2D eigenvalue weighted by atomic mass is 10.1. The molecule has 1 aliphatic rings. The van der Waals surface area contributed by atoms with Crippen molar-refractivity contribution in [3.63, 3.8) is 0 Å². The van der Waals surface area contributed by atoms with E-state index in [1.165, 1.54) is 0 Å². The van der Waals surface area contributed by atoms with Crippen LogP contribution in [-0.4, -0.2) is 47.0 Å². The lowest BCUT2D eigenvalue weighted by Crippen LogP contribution is -2.48. The van der Waals surface area contributed by atoms with E-state index in [9.17, 15) is 4.79 Å². The van der Waals surface area contributed by atoms with E-state index in [4.69, 9.17) is 32.5 Å². The highest BCUT2D eigenvalue weighted by molar-refractivity contribution is 6.35. The highest BCUT2D eigenvalue weighted by Crippen LogP contribution is 2.27. The Balaban J connectivity index is 1.40. The van der Waals surface area contributed by atoms with Crippen molar-refractivity contribution in [1.29, 1.82) is 0 Å². The van der Waals surface area contributed by atoms with Gasteiger partial charge in [-0.25, -0.2) is 0 Å². The highest BCUT2D eigenvalue weighted by Gasteiger charge is 2.28. The maximum absolute atomic E-state index is 13.2. The number of amides is 1. The van der Waals surface area contributed by atoms with Gasteiger partial charge in [-0.3, -0.25) is 9.69 Å². The molecule has 0 atom stereocenters. The number of benzene rings is 2. The summed E-state index contributed by atoms with van der Waals surface area (Å²) >= 11 is 12.6. The Morgan fingerprint density at radius 2 is 1.73 bits per heavy atom. The van der Waals surface area contributed by atoms with Crippen molar-refractivity contribution in [3.8, 4) is 5.75 Å². The van der Waals surface area contributed by atoms with Gasteiger partial charge in [0.05, 0.1) is 5.56 Å². The minimum Gasteiger partial charge on any atom is -0.488 e. The Morgan fingerprint density at radius 1 is 1.03 bits per heavy atom. The van der Waals surface area contributed by atoms with Crippen LogP contribution in [-0.2, 0) is 13.2 Å². The number of aryl methyl sites for hydroxylation is 3. The monoisotopic (exact) mass is 487 g/mol. The molecule has 1 aliphatic heterocycles. The average Bonchev–Trinajstić information content (AvgIpc) is 3.17. The van der Waals surface area contributed by atoms with E-state index in [0.29, 0.717) is 46.7 Å². The summed E-state index contributed by atoms with van der Waals surface area (Å²) in [6.45, 7) is 9.31. The topological polar surface area (TPSA) is 58.8 Å². The Bertz CT molecular complexity index is 1130. The molecule has 2 heterocycles. The number of hydrogen-bond acceptors (Lipinski definition) is 5. The fraction of sp³-hybridized carbons (Fsp3) is 0.360. The van der Waals surface area contributed by atoms with Crippen LogP contribution in [0, 0.1) is 20.8 Å². The van der Waals surface area contributed by atoms with E-state index >= 15 is 0 Å².